The van der Waals surface area contributed by atoms with Crippen LogP contribution in [-0.4, -0.2) is 20.5 Å². The van der Waals surface area contributed by atoms with Crippen molar-refractivity contribution in [3.8, 4) is 5.75 Å². The Kier molecular flexibility index (Phi) is 4.08. The zero-order valence-corrected chi connectivity index (χ0v) is 10.9. The summed E-state index contributed by atoms with van der Waals surface area (Å²) in [7, 11) is 2.08. The predicted molar refractivity (Wildman–Crippen MR) is 56.5 cm³/mol. The predicted octanol–water partition coefficient (Wildman–Crippen LogP) is 2.72. The zero-order valence-electron chi connectivity index (χ0n) is 7.75. The molecule has 0 amide bonds. The summed E-state index contributed by atoms with van der Waals surface area (Å²) in [4.78, 5) is 3.35. The first-order valence-electron chi connectivity index (χ1n) is 3.74. The van der Waals surface area contributed by atoms with Crippen LogP contribution in [0.4, 0.5) is 8.78 Å². The highest BCUT2D eigenvalue weighted by molar-refractivity contribution is 9.10. The first-order chi connectivity index (χ1) is 7.29. The van der Waals surface area contributed by atoms with Crippen molar-refractivity contribution in [3.63, 3.8) is 0 Å². The number of rotatable bonds is 3. The summed E-state index contributed by atoms with van der Waals surface area (Å²) in [6.07, 6.45) is -2.12. The minimum absolute atomic E-state index is 0.220. The van der Waals surface area contributed by atoms with Gasteiger partial charge in [-0.15, -0.1) is 0 Å². The maximum atomic E-state index is 12.5. The lowest BCUT2D eigenvalue weighted by molar-refractivity contribution is 0.146. The van der Waals surface area contributed by atoms with E-state index in [0.29, 0.717) is 6.20 Å². The van der Waals surface area contributed by atoms with Gasteiger partial charge in [0, 0.05) is 16.9 Å². The van der Waals surface area contributed by atoms with Crippen LogP contribution in [0, 0.1) is 0 Å². The molecule has 1 rings (SSSR count). The quantitative estimate of drug-likeness (QED) is 0.796. The lowest BCUT2D eigenvalue weighted by Crippen LogP contribution is -2.02. The molecule has 0 atom stereocenters. The van der Waals surface area contributed by atoms with Crippen LogP contribution < -0.4 is 4.74 Å². The van der Waals surface area contributed by atoms with Gasteiger partial charge in [0.2, 0.25) is 0 Å². The Morgan fingerprint density at radius 2 is 2.12 bits per heavy atom. The molecule has 90 valence electrons. The number of halogens is 4. The fourth-order valence-corrected chi connectivity index (χ4v) is 3.25. The average Bonchev–Trinajstić information content (AvgIpc) is 2.14. The molecule has 0 spiro atoms. The summed E-state index contributed by atoms with van der Waals surface area (Å²) < 4.78 is 51.5. The van der Waals surface area contributed by atoms with Crippen molar-refractivity contribution in [2.45, 2.75) is 11.5 Å². The normalized spacial score (nSPS) is 11.9. The monoisotopic (exact) mass is 335 g/mol. The van der Waals surface area contributed by atoms with E-state index in [1.54, 1.807) is 0 Å². The molecule has 0 aliphatic rings. The summed E-state index contributed by atoms with van der Waals surface area (Å²) >= 11 is 2.81. The van der Waals surface area contributed by atoms with E-state index in [1.165, 1.54) is 0 Å². The van der Waals surface area contributed by atoms with Crippen molar-refractivity contribution < 1.29 is 21.9 Å². The van der Waals surface area contributed by atoms with E-state index in [9.17, 15) is 17.2 Å². The van der Waals surface area contributed by atoms with E-state index < -0.39 is 26.1 Å². The van der Waals surface area contributed by atoms with Crippen LogP contribution >= 0.6 is 26.6 Å². The average molecular weight is 337 g/mol. The van der Waals surface area contributed by atoms with Gasteiger partial charge in [0.1, 0.15) is 5.75 Å². The summed E-state index contributed by atoms with van der Waals surface area (Å²) in [5, 5.41) is -0.560. The number of alkyl halides is 2. The lowest BCUT2D eigenvalue weighted by Gasteiger charge is -2.10. The molecule has 1 aromatic rings. The van der Waals surface area contributed by atoms with Gasteiger partial charge < -0.3 is 4.74 Å². The van der Waals surface area contributed by atoms with E-state index in [0.717, 1.165) is 7.11 Å². The first-order valence-corrected chi connectivity index (χ1v) is 6.84. The summed E-state index contributed by atoms with van der Waals surface area (Å²) in [6.45, 7) is 0. The van der Waals surface area contributed by atoms with Crippen LogP contribution in [0.5, 0.6) is 5.75 Å². The fraction of sp³-hybridized carbons (Fsp3) is 0.286. The minimum atomic E-state index is -4.12. The molecule has 0 saturated carbocycles. The number of methoxy groups -OCH3 is 1. The molecule has 1 aromatic heterocycles. The Morgan fingerprint density at radius 1 is 1.56 bits per heavy atom. The van der Waals surface area contributed by atoms with Crippen LogP contribution in [0.3, 0.4) is 0 Å². The highest BCUT2D eigenvalue weighted by atomic mass is 79.9. The molecule has 16 heavy (non-hydrogen) atoms. The number of pyridine rings is 1. The Hall–Kier alpha value is -0.470. The molecule has 0 aliphatic carbocycles. The van der Waals surface area contributed by atoms with E-state index in [2.05, 4.69) is 25.7 Å². The van der Waals surface area contributed by atoms with Crippen molar-refractivity contribution in [2.75, 3.05) is 7.11 Å². The highest BCUT2D eigenvalue weighted by Crippen LogP contribution is 2.38. The van der Waals surface area contributed by atoms with Gasteiger partial charge in [-0.25, -0.2) is 22.2 Å². The van der Waals surface area contributed by atoms with Gasteiger partial charge in [-0.2, -0.15) is 0 Å². The maximum Gasteiger partial charge on any atom is 0.279 e. The molecule has 0 saturated heterocycles. The zero-order chi connectivity index (χ0) is 12.5. The third-order valence-electron chi connectivity index (χ3n) is 1.64. The molecular formula is C7H5BrClF2NO3S. The molecule has 0 unspecified atom stereocenters. The molecular weight excluding hydrogens is 332 g/mol. The molecule has 0 aromatic carbocycles. The highest BCUT2D eigenvalue weighted by Gasteiger charge is 2.25. The summed E-state index contributed by atoms with van der Waals surface area (Å²) in [5.74, 6) is -0.302. The van der Waals surface area contributed by atoms with Gasteiger partial charge >= 0.3 is 0 Å². The SMILES string of the molecule is COc1c(C(F)F)cnc(S(=O)(=O)Cl)c1Br. The molecule has 4 nitrogen and oxygen atoms in total. The Bertz CT molecular complexity index is 509. The van der Waals surface area contributed by atoms with Crippen molar-refractivity contribution >= 4 is 35.7 Å². The Labute approximate surface area is 103 Å². The second kappa shape index (κ2) is 4.80. The summed E-state index contributed by atoms with van der Waals surface area (Å²) in [5.41, 5.74) is -0.515. The first kappa shape index (κ1) is 13.6. The molecule has 0 aliphatic heterocycles. The second-order valence-corrected chi connectivity index (χ2v) is 5.88. The maximum absolute atomic E-state index is 12.5. The van der Waals surface area contributed by atoms with Crippen molar-refractivity contribution in [2.24, 2.45) is 0 Å². The van der Waals surface area contributed by atoms with Crippen molar-refractivity contribution in [3.05, 3.63) is 16.2 Å². The Morgan fingerprint density at radius 3 is 2.50 bits per heavy atom. The van der Waals surface area contributed by atoms with Gasteiger partial charge in [0.05, 0.1) is 17.1 Å². The number of hydrogen-bond acceptors (Lipinski definition) is 4. The number of ether oxygens (including phenoxy) is 1. The van der Waals surface area contributed by atoms with E-state index >= 15 is 0 Å². The largest absolute Gasteiger partial charge is 0.495 e. The molecule has 0 N–H and O–H groups in total. The van der Waals surface area contributed by atoms with Crippen LogP contribution in [0.25, 0.3) is 0 Å². The molecule has 9 heteroatoms. The van der Waals surface area contributed by atoms with Crippen LogP contribution in [0.15, 0.2) is 15.7 Å². The Balaban J connectivity index is 3.53. The minimum Gasteiger partial charge on any atom is -0.495 e. The third-order valence-corrected chi connectivity index (χ3v) is 3.85. The molecule has 0 bridgehead atoms. The van der Waals surface area contributed by atoms with Crippen LogP contribution in [0.2, 0.25) is 0 Å². The van der Waals surface area contributed by atoms with Gasteiger partial charge in [-0.3, -0.25) is 0 Å². The molecule has 0 fully saturated rings. The van der Waals surface area contributed by atoms with Crippen molar-refractivity contribution in [1.29, 1.82) is 0 Å². The topological polar surface area (TPSA) is 56.3 Å². The number of aromatic nitrogens is 1. The van der Waals surface area contributed by atoms with Crippen LogP contribution in [-0.2, 0) is 9.05 Å². The van der Waals surface area contributed by atoms with Gasteiger partial charge in [-0.1, -0.05) is 0 Å². The number of nitrogens with zero attached hydrogens (tertiary/aromatic N) is 1. The van der Waals surface area contributed by atoms with E-state index in [4.69, 9.17) is 10.7 Å². The standard InChI is InChI=1S/C7H5BrClF2NO3S/c1-15-5-3(6(10)11)2-12-7(4(5)8)16(9,13)14/h2,6H,1H3. The smallest absolute Gasteiger partial charge is 0.279 e. The second-order valence-electron chi connectivity index (χ2n) is 2.60. The third kappa shape index (κ3) is 2.61. The van der Waals surface area contributed by atoms with E-state index in [1.807, 2.05) is 0 Å². The van der Waals surface area contributed by atoms with Gasteiger partial charge in [0.25, 0.3) is 15.5 Å². The molecule has 1 heterocycles. The van der Waals surface area contributed by atoms with Crippen molar-refractivity contribution in [1.82, 2.24) is 4.98 Å². The van der Waals surface area contributed by atoms with Gasteiger partial charge in [-0.05, 0) is 15.9 Å². The number of hydrogen-bond donors (Lipinski definition) is 0. The fourth-order valence-electron chi connectivity index (χ4n) is 1.00. The van der Waals surface area contributed by atoms with Gasteiger partial charge in [0.15, 0.2) is 5.03 Å². The van der Waals surface area contributed by atoms with E-state index in [-0.39, 0.29) is 10.2 Å². The summed E-state index contributed by atoms with van der Waals surface area (Å²) in [6, 6.07) is 0. The molecule has 0 radical (unpaired) electrons. The van der Waals surface area contributed by atoms with Crippen LogP contribution in [0.1, 0.15) is 12.0 Å². The lowest BCUT2D eigenvalue weighted by atomic mass is 10.3.